The predicted octanol–water partition coefficient (Wildman–Crippen LogP) is 3.87. The maximum absolute atomic E-state index is 6.17. The molecule has 1 rings (SSSR count). The second-order valence-electron chi connectivity index (χ2n) is 5.04. The van der Waals surface area contributed by atoms with Gasteiger partial charge in [0.05, 0.1) is 7.11 Å². The normalized spacial score (nSPS) is 11.6. The third-order valence-corrected chi connectivity index (χ3v) is 3.51. The number of hydrogen-bond acceptors (Lipinski definition) is 2. The first-order valence-electron chi connectivity index (χ1n) is 6.02. The monoisotopic (exact) mass is 255 g/mol. The van der Waals surface area contributed by atoms with Crippen molar-refractivity contribution in [3.63, 3.8) is 0 Å². The van der Waals surface area contributed by atoms with Gasteiger partial charge in [0.15, 0.2) is 0 Å². The molecule has 0 aliphatic heterocycles. The highest BCUT2D eigenvalue weighted by molar-refractivity contribution is 6.31. The quantitative estimate of drug-likeness (QED) is 0.833. The number of ether oxygens (including phenoxy) is 1. The lowest BCUT2D eigenvalue weighted by Gasteiger charge is -2.23. The van der Waals surface area contributed by atoms with E-state index in [1.165, 1.54) is 0 Å². The fraction of sp³-hybridized carbons (Fsp3) is 0.571. The van der Waals surface area contributed by atoms with Crippen LogP contribution in [0.25, 0.3) is 0 Å². The predicted molar refractivity (Wildman–Crippen MR) is 73.8 cm³/mol. The molecule has 96 valence electrons. The third-order valence-electron chi connectivity index (χ3n) is 3.16. The standard InChI is InChI=1S/C14H22ClNO/c1-5-14(2,3)10-16-9-11-12(15)7-6-8-13(11)17-4/h6-8,16H,5,9-10H2,1-4H3. The fourth-order valence-electron chi connectivity index (χ4n) is 1.55. The van der Waals surface area contributed by atoms with E-state index in [4.69, 9.17) is 16.3 Å². The Hall–Kier alpha value is -0.730. The number of hydrogen-bond donors (Lipinski definition) is 1. The Balaban J connectivity index is 2.63. The van der Waals surface area contributed by atoms with Gasteiger partial charge >= 0.3 is 0 Å². The molecule has 3 heteroatoms. The van der Waals surface area contributed by atoms with Gasteiger partial charge < -0.3 is 10.1 Å². The fourth-order valence-corrected chi connectivity index (χ4v) is 1.79. The molecule has 0 amide bonds. The van der Waals surface area contributed by atoms with Gasteiger partial charge in [-0.25, -0.2) is 0 Å². The van der Waals surface area contributed by atoms with Gasteiger partial charge in [0.1, 0.15) is 5.75 Å². The Kier molecular flexibility index (Phi) is 5.29. The van der Waals surface area contributed by atoms with Crippen molar-refractivity contribution in [1.82, 2.24) is 5.32 Å². The van der Waals surface area contributed by atoms with Gasteiger partial charge in [0, 0.05) is 23.7 Å². The van der Waals surface area contributed by atoms with E-state index in [0.29, 0.717) is 5.41 Å². The SMILES string of the molecule is CCC(C)(C)CNCc1c(Cl)cccc1OC. The summed E-state index contributed by atoms with van der Waals surface area (Å²) in [5.41, 5.74) is 1.35. The zero-order chi connectivity index (χ0) is 12.9. The van der Waals surface area contributed by atoms with Gasteiger partial charge in [0.2, 0.25) is 0 Å². The van der Waals surface area contributed by atoms with E-state index in [2.05, 4.69) is 26.1 Å². The highest BCUT2D eigenvalue weighted by atomic mass is 35.5. The molecular formula is C14H22ClNO. The summed E-state index contributed by atoms with van der Waals surface area (Å²) in [5.74, 6) is 0.847. The molecule has 0 radical (unpaired) electrons. The van der Waals surface area contributed by atoms with E-state index >= 15 is 0 Å². The maximum Gasteiger partial charge on any atom is 0.124 e. The summed E-state index contributed by atoms with van der Waals surface area (Å²) in [7, 11) is 1.67. The molecule has 0 heterocycles. The second-order valence-corrected chi connectivity index (χ2v) is 5.45. The maximum atomic E-state index is 6.17. The van der Waals surface area contributed by atoms with Crippen molar-refractivity contribution in [3.8, 4) is 5.75 Å². The molecule has 0 saturated heterocycles. The zero-order valence-electron chi connectivity index (χ0n) is 11.1. The van der Waals surface area contributed by atoms with Gasteiger partial charge in [-0.05, 0) is 24.0 Å². The Bertz CT molecular complexity index is 363. The molecule has 1 aromatic rings. The molecule has 0 spiro atoms. The van der Waals surface area contributed by atoms with E-state index in [1.54, 1.807) is 7.11 Å². The molecule has 0 aromatic heterocycles. The first-order valence-corrected chi connectivity index (χ1v) is 6.40. The van der Waals surface area contributed by atoms with E-state index in [1.807, 2.05) is 18.2 Å². The topological polar surface area (TPSA) is 21.3 Å². The Labute approximate surface area is 109 Å². The summed E-state index contributed by atoms with van der Waals surface area (Å²) >= 11 is 6.17. The number of benzene rings is 1. The first kappa shape index (κ1) is 14.3. The highest BCUT2D eigenvalue weighted by Crippen LogP contribution is 2.26. The molecule has 1 aromatic carbocycles. The smallest absolute Gasteiger partial charge is 0.124 e. The zero-order valence-corrected chi connectivity index (χ0v) is 11.9. The number of nitrogens with one attached hydrogen (secondary N) is 1. The summed E-state index contributed by atoms with van der Waals surface area (Å²) in [6.07, 6.45) is 1.15. The third kappa shape index (κ3) is 4.21. The van der Waals surface area contributed by atoms with Crippen LogP contribution in [0.15, 0.2) is 18.2 Å². The van der Waals surface area contributed by atoms with Crippen molar-refractivity contribution < 1.29 is 4.74 Å². The van der Waals surface area contributed by atoms with Crippen LogP contribution in [0.5, 0.6) is 5.75 Å². The van der Waals surface area contributed by atoms with Crippen LogP contribution in [0.1, 0.15) is 32.8 Å². The summed E-state index contributed by atoms with van der Waals surface area (Å²) < 4.78 is 5.31. The van der Waals surface area contributed by atoms with Crippen molar-refractivity contribution >= 4 is 11.6 Å². The van der Waals surface area contributed by atoms with Crippen molar-refractivity contribution in [2.45, 2.75) is 33.7 Å². The van der Waals surface area contributed by atoms with Crippen LogP contribution in [0, 0.1) is 5.41 Å². The van der Waals surface area contributed by atoms with Gasteiger partial charge in [-0.2, -0.15) is 0 Å². The molecule has 17 heavy (non-hydrogen) atoms. The van der Waals surface area contributed by atoms with Crippen LogP contribution in [-0.4, -0.2) is 13.7 Å². The molecule has 2 nitrogen and oxygen atoms in total. The summed E-state index contributed by atoms with van der Waals surface area (Å²) in [6, 6.07) is 5.74. The Morgan fingerprint density at radius 2 is 2.06 bits per heavy atom. The highest BCUT2D eigenvalue weighted by Gasteiger charge is 2.15. The lowest BCUT2D eigenvalue weighted by atomic mass is 9.90. The first-order chi connectivity index (χ1) is 8.00. The number of methoxy groups -OCH3 is 1. The molecule has 0 unspecified atom stereocenters. The molecule has 0 atom stereocenters. The minimum absolute atomic E-state index is 0.314. The van der Waals surface area contributed by atoms with E-state index in [0.717, 1.165) is 35.8 Å². The molecular weight excluding hydrogens is 234 g/mol. The van der Waals surface area contributed by atoms with E-state index in [-0.39, 0.29) is 0 Å². The van der Waals surface area contributed by atoms with Crippen molar-refractivity contribution in [2.75, 3.05) is 13.7 Å². The minimum atomic E-state index is 0.314. The van der Waals surface area contributed by atoms with E-state index in [9.17, 15) is 0 Å². The summed E-state index contributed by atoms with van der Waals surface area (Å²) in [4.78, 5) is 0. The summed E-state index contributed by atoms with van der Waals surface area (Å²) in [6.45, 7) is 8.43. The summed E-state index contributed by atoms with van der Waals surface area (Å²) in [5, 5.41) is 4.20. The van der Waals surface area contributed by atoms with Crippen LogP contribution >= 0.6 is 11.6 Å². The van der Waals surface area contributed by atoms with Crippen LogP contribution in [0.4, 0.5) is 0 Å². The van der Waals surface area contributed by atoms with Crippen LogP contribution < -0.4 is 10.1 Å². The number of rotatable bonds is 6. The van der Waals surface area contributed by atoms with Crippen LogP contribution in [0.3, 0.4) is 0 Å². The Morgan fingerprint density at radius 3 is 2.65 bits per heavy atom. The average molecular weight is 256 g/mol. The van der Waals surface area contributed by atoms with Gasteiger partial charge in [-0.3, -0.25) is 0 Å². The molecule has 0 fully saturated rings. The largest absolute Gasteiger partial charge is 0.496 e. The lowest BCUT2D eigenvalue weighted by molar-refractivity contribution is 0.326. The van der Waals surface area contributed by atoms with Gasteiger partial charge in [-0.15, -0.1) is 0 Å². The van der Waals surface area contributed by atoms with Crippen LogP contribution in [0.2, 0.25) is 5.02 Å². The Morgan fingerprint density at radius 1 is 1.35 bits per heavy atom. The van der Waals surface area contributed by atoms with E-state index < -0.39 is 0 Å². The molecule has 0 saturated carbocycles. The van der Waals surface area contributed by atoms with Gasteiger partial charge in [0.25, 0.3) is 0 Å². The second kappa shape index (κ2) is 6.27. The van der Waals surface area contributed by atoms with Crippen LogP contribution in [-0.2, 0) is 6.54 Å². The molecule has 0 aliphatic rings. The number of halogens is 1. The van der Waals surface area contributed by atoms with Crippen molar-refractivity contribution in [2.24, 2.45) is 5.41 Å². The molecule has 0 bridgehead atoms. The van der Waals surface area contributed by atoms with Crippen molar-refractivity contribution in [1.29, 1.82) is 0 Å². The molecule has 0 aliphatic carbocycles. The van der Waals surface area contributed by atoms with Gasteiger partial charge in [-0.1, -0.05) is 38.4 Å². The minimum Gasteiger partial charge on any atom is -0.496 e. The van der Waals surface area contributed by atoms with Crippen molar-refractivity contribution in [3.05, 3.63) is 28.8 Å². The lowest BCUT2D eigenvalue weighted by Crippen LogP contribution is -2.28. The molecule has 1 N–H and O–H groups in total. The average Bonchev–Trinajstić information content (AvgIpc) is 2.31.